The number of benzene rings is 2. The molecule has 1 spiro atoms. The summed E-state index contributed by atoms with van der Waals surface area (Å²) in [5, 5.41) is 13.1. The minimum Gasteiger partial charge on any atom is -0.502 e. The van der Waals surface area contributed by atoms with Gasteiger partial charge in [-0.2, -0.15) is 0 Å². The lowest BCUT2D eigenvalue weighted by Crippen LogP contribution is -2.83. The number of hydrogen-bond donors (Lipinski definition) is 1. The monoisotopic (exact) mass is 504 g/mol. The number of methoxy groups -OCH3 is 1. The summed E-state index contributed by atoms with van der Waals surface area (Å²) in [5.74, 6) is -0.0582. The molecule has 1 atom stereocenters. The van der Waals surface area contributed by atoms with Gasteiger partial charge in [0.2, 0.25) is 5.43 Å². The smallest absolute Gasteiger partial charge is 0.278 e. The first-order valence-corrected chi connectivity index (χ1v) is 13.0. The predicted octanol–water partition coefficient (Wildman–Crippen LogP) is 2.63. The molecule has 1 N–H and O–H groups in total. The highest BCUT2D eigenvalue weighted by Crippen LogP contribution is 2.48. The lowest BCUT2D eigenvalue weighted by molar-refractivity contribution is -0.0640. The van der Waals surface area contributed by atoms with Crippen LogP contribution in [0.5, 0.6) is 5.75 Å². The van der Waals surface area contributed by atoms with Crippen LogP contribution in [0.3, 0.4) is 0 Å². The van der Waals surface area contributed by atoms with E-state index in [2.05, 4.69) is 40.2 Å². The van der Waals surface area contributed by atoms with Crippen molar-refractivity contribution in [3.8, 4) is 5.75 Å². The highest BCUT2D eigenvalue weighted by molar-refractivity contribution is 7.98. The Hall–Kier alpha value is -3.27. The third kappa shape index (κ3) is 3.30. The second kappa shape index (κ2) is 8.69. The highest BCUT2D eigenvalue weighted by Gasteiger charge is 2.59. The SMILES string of the molecule is COCCN1C(=O)c2c(O)c(=O)ccn2N(C2c3ccccc3CSc3ccccc32)C12CN(C)C2. The van der Waals surface area contributed by atoms with Gasteiger partial charge in [0.1, 0.15) is 0 Å². The first-order chi connectivity index (χ1) is 17.5. The average Bonchev–Trinajstić information content (AvgIpc) is 3.02. The van der Waals surface area contributed by atoms with Gasteiger partial charge in [-0.25, -0.2) is 0 Å². The van der Waals surface area contributed by atoms with Crippen LogP contribution in [0.4, 0.5) is 0 Å². The third-order valence-electron chi connectivity index (χ3n) is 7.42. The number of pyridine rings is 1. The fourth-order valence-corrected chi connectivity index (χ4v) is 6.98. The lowest BCUT2D eigenvalue weighted by atomic mass is 9.87. The molecule has 8 nitrogen and oxygen atoms in total. The molecule has 1 aromatic heterocycles. The predicted molar refractivity (Wildman–Crippen MR) is 138 cm³/mol. The van der Waals surface area contributed by atoms with E-state index in [1.54, 1.807) is 34.6 Å². The van der Waals surface area contributed by atoms with Crippen LogP contribution in [0.25, 0.3) is 0 Å². The first-order valence-electron chi connectivity index (χ1n) is 12.0. The van der Waals surface area contributed by atoms with Crippen LogP contribution in [0.1, 0.15) is 33.2 Å². The van der Waals surface area contributed by atoms with Crippen molar-refractivity contribution in [2.45, 2.75) is 22.4 Å². The van der Waals surface area contributed by atoms with Gasteiger partial charge < -0.3 is 14.7 Å². The number of amides is 1. The van der Waals surface area contributed by atoms with Gasteiger partial charge >= 0.3 is 0 Å². The molecule has 4 heterocycles. The van der Waals surface area contributed by atoms with Gasteiger partial charge in [-0.05, 0) is 29.8 Å². The van der Waals surface area contributed by atoms with Crippen molar-refractivity contribution in [1.82, 2.24) is 14.5 Å². The van der Waals surface area contributed by atoms with Gasteiger partial charge in [0, 0.05) is 49.7 Å². The van der Waals surface area contributed by atoms with E-state index in [1.807, 2.05) is 25.2 Å². The summed E-state index contributed by atoms with van der Waals surface area (Å²) < 4.78 is 7.10. The molecule has 1 unspecified atom stereocenters. The second-order valence-corrected chi connectivity index (χ2v) is 10.6. The van der Waals surface area contributed by atoms with E-state index >= 15 is 0 Å². The Bertz CT molecular complexity index is 1350. The summed E-state index contributed by atoms with van der Waals surface area (Å²) in [6.45, 7) is 1.91. The second-order valence-electron chi connectivity index (χ2n) is 9.60. The van der Waals surface area contributed by atoms with Crippen molar-refractivity contribution in [2.24, 2.45) is 0 Å². The molecule has 6 rings (SSSR count). The van der Waals surface area contributed by atoms with Gasteiger partial charge in [0.25, 0.3) is 5.91 Å². The number of ether oxygens (including phenoxy) is 1. The van der Waals surface area contributed by atoms with Crippen molar-refractivity contribution >= 4 is 17.7 Å². The molecule has 0 aliphatic carbocycles. The van der Waals surface area contributed by atoms with Crippen molar-refractivity contribution in [2.75, 3.05) is 45.4 Å². The Balaban J connectivity index is 1.67. The highest BCUT2D eigenvalue weighted by atomic mass is 32.2. The number of fused-ring (bicyclic) bond motifs is 3. The molecule has 36 heavy (non-hydrogen) atoms. The molecule has 1 amide bonds. The molecule has 1 saturated heterocycles. The number of likely N-dealkylation sites (tertiary alicyclic amines) is 1. The fourth-order valence-electron chi connectivity index (χ4n) is 5.88. The van der Waals surface area contributed by atoms with E-state index in [-0.39, 0.29) is 17.6 Å². The normalized spacial score (nSPS) is 20.4. The zero-order chi connectivity index (χ0) is 25.0. The zero-order valence-electron chi connectivity index (χ0n) is 20.3. The molecule has 0 saturated carbocycles. The molecule has 3 aliphatic heterocycles. The summed E-state index contributed by atoms with van der Waals surface area (Å²) in [6, 6.07) is 17.9. The molecule has 1 fully saturated rings. The minimum atomic E-state index is -0.696. The van der Waals surface area contributed by atoms with Crippen LogP contribution in [0.15, 0.2) is 70.5 Å². The minimum absolute atomic E-state index is 0.00866. The van der Waals surface area contributed by atoms with E-state index in [4.69, 9.17) is 4.74 Å². The maximum atomic E-state index is 13.9. The molecular weight excluding hydrogens is 476 g/mol. The molecule has 2 aromatic carbocycles. The van der Waals surface area contributed by atoms with E-state index in [0.717, 1.165) is 16.9 Å². The largest absolute Gasteiger partial charge is 0.502 e. The van der Waals surface area contributed by atoms with E-state index in [9.17, 15) is 14.7 Å². The Morgan fingerprint density at radius 3 is 2.53 bits per heavy atom. The number of hydrogen-bond acceptors (Lipinski definition) is 7. The zero-order valence-corrected chi connectivity index (χ0v) is 21.1. The van der Waals surface area contributed by atoms with Crippen molar-refractivity contribution < 1.29 is 14.6 Å². The summed E-state index contributed by atoms with van der Waals surface area (Å²) in [5.41, 5.74) is 2.23. The first kappa shape index (κ1) is 23.1. The maximum absolute atomic E-state index is 13.9. The van der Waals surface area contributed by atoms with Gasteiger partial charge in [0.05, 0.1) is 12.6 Å². The van der Waals surface area contributed by atoms with Crippen LogP contribution >= 0.6 is 11.8 Å². The van der Waals surface area contributed by atoms with Crippen molar-refractivity contribution in [3.05, 3.63) is 93.4 Å². The van der Waals surface area contributed by atoms with Crippen LogP contribution in [-0.4, -0.2) is 71.6 Å². The number of carbonyl (C=O) groups excluding carboxylic acids is 1. The van der Waals surface area contributed by atoms with Crippen LogP contribution < -0.4 is 10.4 Å². The Kier molecular flexibility index (Phi) is 5.59. The Labute approximate surface area is 213 Å². The van der Waals surface area contributed by atoms with Crippen LogP contribution in [0.2, 0.25) is 0 Å². The summed E-state index contributed by atoms with van der Waals surface area (Å²) in [4.78, 5) is 31.5. The van der Waals surface area contributed by atoms with Crippen LogP contribution in [0, 0.1) is 0 Å². The fraction of sp³-hybridized carbons (Fsp3) is 0.333. The number of carbonyl (C=O) groups is 1. The number of nitrogens with zero attached hydrogens (tertiary/aromatic N) is 4. The van der Waals surface area contributed by atoms with E-state index < -0.39 is 16.8 Å². The number of thioether (sulfide) groups is 1. The van der Waals surface area contributed by atoms with Crippen molar-refractivity contribution in [3.63, 3.8) is 0 Å². The molecule has 0 radical (unpaired) electrons. The summed E-state index contributed by atoms with van der Waals surface area (Å²) in [6.07, 6.45) is 1.63. The van der Waals surface area contributed by atoms with Crippen molar-refractivity contribution in [1.29, 1.82) is 0 Å². The molecule has 3 aliphatic rings. The Morgan fingerprint density at radius 2 is 1.78 bits per heavy atom. The van der Waals surface area contributed by atoms with E-state index in [1.165, 1.54) is 16.5 Å². The number of aromatic nitrogens is 1. The van der Waals surface area contributed by atoms with Gasteiger partial charge in [-0.3, -0.25) is 24.2 Å². The molecule has 186 valence electrons. The van der Waals surface area contributed by atoms with Crippen LogP contribution in [-0.2, 0) is 10.5 Å². The molecule has 3 aromatic rings. The summed E-state index contributed by atoms with van der Waals surface area (Å²) >= 11 is 1.80. The maximum Gasteiger partial charge on any atom is 0.278 e. The number of likely N-dealkylation sites (N-methyl/N-ethyl adjacent to an activating group) is 1. The molecular formula is C27H28N4O4S. The number of rotatable bonds is 4. The Morgan fingerprint density at radius 1 is 1.06 bits per heavy atom. The summed E-state index contributed by atoms with van der Waals surface area (Å²) in [7, 11) is 3.64. The van der Waals surface area contributed by atoms with Gasteiger partial charge in [0.15, 0.2) is 17.1 Å². The number of aromatic hydroxyl groups is 1. The molecule has 0 bridgehead atoms. The third-order valence-corrected chi connectivity index (χ3v) is 8.56. The standard InChI is InChI=1S/C27H28N4O4S/c1-28-16-27(17-28)29(13-14-35-2)26(34)24-25(33)21(32)11-12-30(24)31(27)23-19-8-4-3-7-18(19)15-36-22-10-6-5-9-20(22)23/h3-12,23,33H,13-17H2,1-2H3. The lowest BCUT2D eigenvalue weighted by Gasteiger charge is -2.64. The quantitative estimate of drug-likeness (QED) is 0.585. The molecule has 9 heteroatoms. The topological polar surface area (TPSA) is 78.2 Å². The van der Waals surface area contributed by atoms with Gasteiger partial charge in [-0.15, -0.1) is 11.8 Å². The van der Waals surface area contributed by atoms with E-state index in [0.29, 0.717) is 26.2 Å². The van der Waals surface area contributed by atoms with Gasteiger partial charge in [-0.1, -0.05) is 42.5 Å². The average molecular weight is 505 g/mol.